The van der Waals surface area contributed by atoms with Gasteiger partial charge in [-0.05, 0) is 17.5 Å². The topological polar surface area (TPSA) is 83.9 Å². The van der Waals surface area contributed by atoms with Gasteiger partial charge >= 0.3 is 5.97 Å². The monoisotopic (exact) mass is 313 g/mol. The number of fused-ring (bicyclic) bond motifs is 1. The van der Waals surface area contributed by atoms with Crippen LogP contribution in [0.5, 0.6) is 0 Å². The van der Waals surface area contributed by atoms with Crippen molar-refractivity contribution in [3.05, 3.63) is 35.4 Å². The second-order valence-electron chi connectivity index (χ2n) is 5.03. The van der Waals surface area contributed by atoms with Crippen LogP contribution in [-0.2, 0) is 32.5 Å². The number of carbonyl (C=O) groups is 1. The van der Waals surface area contributed by atoms with Crippen LogP contribution in [0.1, 0.15) is 17.5 Å². The molecule has 0 saturated heterocycles. The minimum Gasteiger partial charge on any atom is -0.480 e. The van der Waals surface area contributed by atoms with E-state index in [4.69, 9.17) is 4.74 Å². The van der Waals surface area contributed by atoms with Crippen LogP contribution in [0.2, 0.25) is 0 Å². The first kappa shape index (κ1) is 15.9. The number of ether oxygens (including phenoxy) is 1. The fourth-order valence-electron chi connectivity index (χ4n) is 2.50. The van der Waals surface area contributed by atoms with E-state index in [1.54, 1.807) is 0 Å². The van der Waals surface area contributed by atoms with E-state index in [0.717, 1.165) is 15.4 Å². The molecule has 0 spiro atoms. The molecule has 2 rings (SSSR count). The molecule has 1 unspecified atom stereocenters. The molecule has 1 atom stereocenters. The summed E-state index contributed by atoms with van der Waals surface area (Å²) in [4.78, 5) is 11.4. The molecule has 0 aliphatic carbocycles. The molecule has 1 aliphatic rings. The van der Waals surface area contributed by atoms with E-state index in [9.17, 15) is 18.3 Å². The van der Waals surface area contributed by atoms with Crippen molar-refractivity contribution in [2.75, 3.05) is 19.5 Å². The quantitative estimate of drug-likeness (QED) is 0.788. The van der Waals surface area contributed by atoms with Gasteiger partial charge < -0.3 is 9.84 Å². The molecule has 0 radical (unpaired) electrons. The van der Waals surface area contributed by atoms with Crippen molar-refractivity contribution in [2.24, 2.45) is 0 Å². The summed E-state index contributed by atoms with van der Waals surface area (Å²) < 4.78 is 30.7. The van der Waals surface area contributed by atoms with Crippen molar-refractivity contribution >= 4 is 16.0 Å². The molecule has 116 valence electrons. The number of hydrogen-bond donors (Lipinski definition) is 1. The van der Waals surface area contributed by atoms with Gasteiger partial charge in [-0.25, -0.2) is 8.42 Å². The highest BCUT2D eigenvalue weighted by Gasteiger charge is 2.38. The van der Waals surface area contributed by atoms with Gasteiger partial charge in [-0.15, -0.1) is 0 Å². The standard InChI is InChI=1S/C14H19NO5S/c1-20-7-4-8-21(18,19)15-10-12-6-3-2-5-11(12)9-13(15)14(16)17/h2-3,5-6,13H,4,7-10H2,1H3,(H,16,17). The van der Waals surface area contributed by atoms with Gasteiger partial charge in [-0.1, -0.05) is 24.3 Å². The highest BCUT2D eigenvalue weighted by Crippen LogP contribution is 2.26. The van der Waals surface area contributed by atoms with E-state index in [2.05, 4.69) is 0 Å². The average Bonchev–Trinajstić information content (AvgIpc) is 2.46. The lowest BCUT2D eigenvalue weighted by molar-refractivity contribution is -0.141. The van der Waals surface area contributed by atoms with Crippen LogP contribution in [0.25, 0.3) is 0 Å². The van der Waals surface area contributed by atoms with E-state index in [0.29, 0.717) is 13.0 Å². The second-order valence-corrected chi connectivity index (χ2v) is 7.08. The minimum atomic E-state index is -3.62. The first-order valence-electron chi connectivity index (χ1n) is 6.74. The van der Waals surface area contributed by atoms with Crippen molar-refractivity contribution < 1.29 is 23.1 Å². The first-order valence-corrected chi connectivity index (χ1v) is 8.34. The summed E-state index contributed by atoms with van der Waals surface area (Å²) in [6.07, 6.45) is 0.554. The van der Waals surface area contributed by atoms with Crippen LogP contribution >= 0.6 is 0 Å². The summed E-state index contributed by atoms with van der Waals surface area (Å²) in [6.45, 7) is 0.448. The van der Waals surface area contributed by atoms with Gasteiger partial charge in [0.05, 0.1) is 5.75 Å². The maximum Gasteiger partial charge on any atom is 0.322 e. The fourth-order valence-corrected chi connectivity index (χ4v) is 4.11. The predicted octanol–water partition coefficient (Wildman–Crippen LogP) is 0.864. The average molecular weight is 313 g/mol. The number of methoxy groups -OCH3 is 1. The van der Waals surface area contributed by atoms with Crippen LogP contribution in [0.4, 0.5) is 0 Å². The third-order valence-electron chi connectivity index (χ3n) is 3.60. The van der Waals surface area contributed by atoms with E-state index < -0.39 is 22.0 Å². The molecule has 1 N–H and O–H groups in total. The lowest BCUT2D eigenvalue weighted by Gasteiger charge is -2.33. The molecular formula is C14H19NO5S. The normalized spacial score (nSPS) is 19.2. The Morgan fingerprint density at radius 2 is 2.05 bits per heavy atom. The fraction of sp³-hybridized carbons (Fsp3) is 0.500. The summed E-state index contributed by atoms with van der Waals surface area (Å²) in [7, 11) is -2.12. The van der Waals surface area contributed by atoms with E-state index >= 15 is 0 Å². The molecule has 21 heavy (non-hydrogen) atoms. The van der Waals surface area contributed by atoms with Crippen molar-refractivity contribution in [3.63, 3.8) is 0 Å². The second kappa shape index (κ2) is 6.55. The zero-order chi connectivity index (χ0) is 15.5. The first-order chi connectivity index (χ1) is 9.95. The summed E-state index contributed by atoms with van der Waals surface area (Å²) in [6, 6.07) is 6.31. The molecule has 0 amide bonds. The Morgan fingerprint density at radius 3 is 2.67 bits per heavy atom. The molecule has 0 saturated carbocycles. The van der Waals surface area contributed by atoms with Gasteiger partial charge in [0.2, 0.25) is 10.0 Å². The Balaban J connectivity index is 2.26. The van der Waals surface area contributed by atoms with Crippen LogP contribution in [-0.4, -0.2) is 49.3 Å². The molecule has 0 bridgehead atoms. The Bertz CT molecular complexity index is 614. The lowest BCUT2D eigenvalue weighted by atomic mass is 9.96. The van der Waals surface area contributed by atoms with Gasteiger partial charge in [0.15, 0.2) is 0 Å². The molecule has 0 aromatic heterocycles. The van der Waals surface area contributed by atoms with Crippen LogP contribution in [0.15, 0.2) is 24.3 Å². The minimum absolute atomic E-state index is 0.104. The largest absolute Gasteiger partial charge is 0.480 e. The number of aliphatic carboxylic acids is 1. The van der Waals surface area contributed by atoms with Crippen molar-refractivity contribution in [2.45, 2.75) is 25.4 Å². The van der Waals surface area contributed by atoms with Crippen LogP contribution in [0, 0.1) is 0 Å². The number of hydrogen-bond acceptors (Lipinski definition) is 4. The molecule has 0 fully saturated rings. The number of nitrogens with zero attached hydrogens (tertiary/aromatic N) is 1. The highest BCUT2D eigenvalue weighted by atomic mass is 32.2. The summed E-state index contributed by atoms with van der Waals surface area (Å²) in [5.74, 6) is -1.22. The molecule has 1 heterocycles. The van der Waals surface area contributed by atoms with Gasteiger partial charge in [0.1, 0.15) is 6.04 Å². The van der Waals surface area contributed by atoms with Crippen molar-refractivity contribution in [3.8, 4) is 0 Å². The third-order valence-corrected chi connectivity index (χ3v) is 5.50. The highest BCUT2D eigenvalue weighted by molar-refractivity contribution is 7.89. The predicted molar refractivity (Wildman–Crippen MR) is 77.4 cm³/mol. The van der Waals surface area contributed by atoms with Gasteiger partial charge in [0, 0.05) is 26.7 Å². The summed E-state index contributed by atoms with van der Waals surface area (Å²) in [5, 5.41) is 9.34. The summed E-state index contributed by atoms with van der Waals surface area (Å²) >= 11 is 0. The maximum absolute atomic E-state index is 12.4. The van der Waals surface area contributed by atoms with E-state index in [1.165, 1.54) is 7.11 Å². The molecule has 6 nitrogen and oxygen atoms in total. The lowest BCUT2D eigenvalue weighted by Crippen LogP contribution is -2.49. The smallest absolute Gasteiger partial charge is 0.322 e. The van der Waals surface area contributed by atoms with Gasteiger partial charge in [-0.2, -0.15) is 4.31 Å². The molecule has 1 aromatic carbocycles. The van der Waals surface area contributed by atoms with Gasteiger partial charge in [0.25, 0.3) is 0 Å². The SMILES string of the molecule is COCCCS(=O)(=O)N1Cc2ccccc2CC1C(=O)O. The van der Waals surface area contributed by atoms with Gasteiger partial charge in [-0.3, -0.25) is 4.79 Å². The molecule has 7 heteroatoms. The molecular weight excluding hydrogens is 294 g/mol. The Kier molecular flexibility index (Phi) is 4.97. The zero-order valence-electron chi connectivity index (χ0n) is 11.9. The zero-order valence-corrected chi connectivity index (χ0v) is 12.7. The number of sulfonamides is 1. The number of carboxylic acids is 1. The van der Waals surface area contributed by atoms with Crippen LogP contribution in [0.3, 0.4) is 0 Å². The van der Waals surface area contributed by atoms with Crippen molar-refractivity contribution in [1.82, 2.24) is 4.31 Å². The molecule has 1 aromatic rings. The van der Waals surface area contributed by atoms with Crippen molar-refractivity contribution in [1.29, 1.82) is 0 Å². The van der Waals surface area contributed by atoms with E-state index in [1.807, 2.05) is 24.3 Å². The Morgan fingerprint density at radius 1 is 1.38 bits per heavy atom. The number of rotatable bonds is 6. The Labute approximate surface area is 124 Å². The van der Waals surface area contributed by atoms with Crippen LogP contribution < -0.4 is 0 Å². The number of carboxylic acid groups (broad SMARTS) is 1. The maximum atomic E-state index is 12.4. The summed E-state index contributed by atoms with van der Waals surface area (Å²) in [5.41, 5.74) is 1.76. The molecule has 1 aliphatic heterocycles. The Hall–Kier alpha value is -1.44. The van der Waals surface area contributed by atoms with E-state index in [-0.39, 0.29) is 18.7 Å². The third kappa shape index (κ3) is 3.61. The number of benzene rings is 1.